The minimum atomic E-state index is 0.0556. The molecule has 0 saturated heterocycles. The van der Waals surface area contributed by atoms with Crippen molar-refractivity contribution in [2.75, 3.05) is 0 Å². The van der Waals surface area contributed by atoms with Gasteiger partial charge in [-0.2, -0.15) is 5.11 Å². The van der Waals surface area contributed by atoms with E-state index < -0.39 is 0 Å². The molecule has 0 saturated carbocycles. The van der Waals surface area contributed by atoms with Crippen LogP contribution in [0.3, 0.4) is 0 Å². The Kier molecular flexibility index (Phi) is 1.72. The summed E-state index contributed by atoms with van der Waals surface area (Å²) >= 11 is 4.79. The van der Waals surface area contributed by atoms with Crippen molar-refractivity contribution in [3.8, 4) is 0 Å². The van der Waals surface area contributed by atoms with E-state index in [0.29, 0.717) is 5.11 Å². The zero-order chi connectivity index (χ0) is 7.78. The van der Waals surface area contributed by atoms with Gasteiger partial charge in [-0.3, -0.25) is 0 Å². The molecule has 1 aliphatic heterocycles. The highest BCUT2D eigenvalue weighted by atomic mass is 32.1. The maximum Gasteiger partial charge on any atom is 0.215 e. The van der Waals surface area contributed by atoms with Gasteiger partial charge in [-0.15, -0.1) is 5.11 Å². The average Bonchev–Trinajstić information content (AvgIpc) is 2.11. The molecule has 0 bridgehead atoms. The molecule has 0 aliphatic carbocycles. The lowest BCUT2D eigenvalue weighted by atomic mass is 9.93. The number of hydrogen-bond donors (Lipinski definition) is 1. The van der Waals surface area contributed by atoms with Crippen LogP contribution >= 0.6 is 12.2 Å². The zero-order valence-corrected chi connectivity index (χ0v) is 7.20. The van der Waals surface area contributed by atoms with Crippen LogP contribution in [0.25, 0.3) is 0 Å². The molecular formula is C6H11N3S. The largest absolute Gasteiger partial charge is 0.336 e. The number of thiocarbonyl (C=S) groups is 1. The number of rotatable bonds is 0. The van der Waals surface area contributed by atoms with Crippen molar-refractivity contribution < 1.29 is 0 Å². The van der Waals surface area contributed by atoms with Crippen LogP contribution in [0.4, 0.5) is 0 Å². The summed E-state index contributed by atoms with van der Waals surface area (Å²) < 4.78 is 0. The monoisotopic (exact) mass is 157 g/mol. The molecule has 1 unspecified atom stereocenters. The van der Waals surface area contributed by atoms with Crippen molar-refractivity contribution in [3.63, 3.8) is 0 Å². The first-order chi connectivity index (χ1) is 4.50. The molecule has 1 aliphatic rings. The van der Waals surface area contributed by atoms with Crippen molar-refractivity contribution in [1.29, 1.82) is 0 Å². The summed E-state index contributed by atoms with van der Waals surface area (Å²) in [6.45, 7) is 6.28. The first kappa shape index (κ1) is 7.60. The van der Waals surface area contributed by atoms with Crippen LogP contribution < -0.4 is 5.32 Å². The lowest BCUT2D eigenvalue weighted by molar-refractivity contribution is 0.310. The standard InChI is InChI=1S/C6H11N3S/c1-6(2,3)4-7-5(10)9-8-4/h4H,1-3H3,(H,7,10). The quantitative estimate of drug-likeness (QED) is 0.543. The predicted octanol–water partition coefficient (Wildman–Crippen LogP) is 1.70. The SMILES string of the molecule is CC(C)(C)C1N=NC(=S)N1. The van der Waals surface area contributed by atoms with E-state index in [1.54, 1.807) is 0 Å². The van der Waals surface area contributed by atoms with Gasteiger partial charge in [-0.1, -0.05) is 20.8 Å². The number of azo groups is 1. The second kappa shape index (κ2) is 2.27. The topological polar surface area (TPSA) is 36.8 Å². The minimum absolute atomic E-state index is 0.0556. The summed E-state index contributed by atoms with van der Waals surface area (Å²) in [6, 6.07) is 0. The smallest absolute Gasteiger partial charge is 0.215 e. The number of nitrogens with one attached hydrogen (secondary N) is 1. The van der Waals surface area contributed by atoms with Gasteiger partial charge in [0.2, 0.25) is 5.11 Å². The molecule has 0 aromatic rings. The molecule has 56 valence electrons. The first-order valence-electron chi connectivity index (χ1n) is 3.21. The highest BCUT2D eigenvalue weighted by Gasteiger charge is 2.28. The van der Waals surface area contributed by atoms with Gasteiger partial charge < -0.3 is 5.32 Å². The molecule has 1 rings (SSSR count). The molecule has 1 heterocycles. The van der Waals surface area contributed by atoms with Crippen molar-refractivity contribution in [3.05, 3.63) is 0 Å². The van der Waals surface area contributed by atoms with Crippen LogP contribution in [0.2, 0.25) is 0 Å². The Bertz CT molecular complexity index is 180. The van der Waals surface area contributed by atoms with Gasteiger partial charge in [-0.05, 0) is 12.2 Å². The Morgan fingerprint density at radius 2 is 2.10 bits per heavy atom. The van der Waals surface area contributed by atoms with Gasteiger partial charge in [0.25, 0.3) is 0 Å². The first-order valence-corrected chi connectivity index (χ1v) is 3.62. The third kappa shape index (κ3) is 1.50. The van der Waals surface area contributed by atoms with Crippen LogP contribution in [-0.4, -0.2) is 11.3 Å². The number of hydrogen-bond acceptors (Lipinski definition) is 2. The maximum atomic E-state index is 4.79. The predicted molar refractivity (Wildman–Crippen MR) is 43.8 cm³/mol. The van der Waals surface area contributed by atoms with E-state index in [9.17, 15) is 0 Å². The molecular weight excluding hydrogens is 146 g/mol. The lowest BCUT2D eigenvalue weighted by Crippen LogP contribution is -2.36. The van der Waals surface area contributed by atoms with E-state index in [0.717, 1.165) is 0 Å². The summed E-state index contributed by atoms with van der Waals surface area (Å²) in [5.41, 5.74) is 0.101. The molecule has 10 heavy (non-hydrogen) atoms. The molecule has 1 N–H and O–H groups in total. The van der Waals surface area contributed by atoms with Gasteiger partial charge in [0, 0.05) is 5.41 Å². The summed E-state index contributed by atoms with van der Waals surface area (Å²) in [5.74, 6) is 0. The van der Waals surface area contributed by atoms with Gasteiger partial charge in [0.1, 0.15) is 6.17 Å². The molecule has 3 nitrogen and oxygen atoms in total. The minimum Gasteiger partial charge on any atom is -0.336 e. The average molecular weight is 157 g/mol. The fourth-order valence-electron chi connectivity index (χ4n) is 0.675. The van der Waals surface area contributed by atoms with E-state index in [2.05, 4.69) is 36.3 Å². The normalized spacial score (nSPS) is 25.1. The summed E-state index contributed by atoms with van der Waals surface area (Å²) in [7, 11) is 0. The fraction of sp³-hybridized carbons (Fsp3) is 0.833. The van der Waals surface area contributed by atoms with E-state index in [4.69, 9.17) is 12.2 Å². The van der Waals surface area contributed by atoms with E-state index in [1.165, 1.54) is 0 Å². The van der Waals surface area contributed by atoms with Crippen LogP contribution in [-0.2, 0) is 0 Å². The Balaban J connectivity index is 2.63. The lowest BCUT2D eigenvalue weighted by Gasteiger charge is -2.22. The maximum absolute atomic E-state index is 4.79. The van der Waals surface area contributed by atoms with Gasteiger partial charge in [0.05, 0.1) is 0 Å². The second-order valence-electron chi connectivity index (χ2n) is 3.43. The molecule has 0 radical (unpaired) electrons. The van der Waals surface area contributed by atoms with Gasteiger partial charge in [0.15, 0.2) is 0 Å². The third-order valence-electron chi connectivity index (χ3n) is 1.34. The molecule has 0 aromatic carbocycles. The molecule has 0 aromatic heterocycles. The van der Waals surface area contributed by atoms with E-state index in [1.807, 2.05) is 0 Å². The highest BCUT2D eigenvalue weighted by Crippen LogP contribution is 2.22. The van der Waals surface area contributed by atoms with Crippen molar-refractivity contribution in [1.82, 2.24) is 5.32 Å². The Hall–Kier alpha value is -0.510. The van der Waals surface area contributed by atoms with E-state index >= 15 is 0 Å². The molecule has 0 spiro atoms. The van der Waals surface area contributed by atoms with Crippen LogP contribution in [0.15, 0.2) is 10.2 Å². The van der Waals surface area contributed by atoms with Crippen molar-refractivity contribution in [2.24, 2.45) is 15.6 Å². The van der Waals surface area contributed by atoms with Crippen molar-refractivity contribution >= 4 is 17.3 Å². The summed E-state index contributed by atoms with van der Waals surface area (Å²) in [6.07, 6.45) is 0.0556. The van der Waals surface area contributed by atoms with E-state index in [-0.39, 0.29) is 11.6 Å². The molecule has 0 amide bonds. The second-order valence-corrected chi connectivity index (χ2v) is 3.82. The molecule has 4 heteroatoms. The van der Waals surface area contributed by atoms with Gasteiger partial charge in [-0.25, -0.2) is 0 Å². The van der Waals surface area contributed by atoms with Crippen LogP contribution in [0, 0.1) is 5.41 Å². The molecule has 0 fully saturated rings. The third-order valence-corrected chi connectivity index (χ3v) is 1.54. The van der Waals surface area contributed by atoms with Crippen molar-refractivity contribution in [2.45, 2.75) is 26.9 Å². The Morgan fingerprint density at radius 1 is 1.50 bits per heavy atom. The van der Waals surface area contributed by atoms with Crippen LogP contribution in [0.5, 0.6) is 0 Å². The van der Waals surface area contributed by atoms with Gasteiger partial charge >= 0.3 is 0 Å². The fourth-order valence-corrected chi connectivity index (χ4v) is 0.833. The Labute approximate surface area is 65.9 Å². The Morgan fingerprint density at radius 3 is 2.30 bits per heavy atom. The number of nitrogens with zero attached hydrogens (tertiary/aromatic N) is 2. The summed E-state index contributed by atoms with van der Waals surface area (Å²) in [5, 5.41) is 11.2. The van der Waals surface area contributed by atoms with Crippen LogP contribution in [0.1, 0.15) is 20.8 Å². The zero-order valence-electron chi connectivity index (χ0n) is 6.38. The molecule has 1 atom stereocenters. The highest BCUT2D eigenvalue weighted by molar-refractivity contribution is 7.80. The summed E-state index contributed by atoms with van der Waals surface area (Å²) in [4.78, 5) is 0.